The monoisotopic (exact) mass is 458 g/mol. The third-order valence-electron chi connectivity index (χ3n) is 5.42. The summed E-state index contributed by atoms with van der Waals surface area (Å²) < 4.78 is 29.7. The molecule has 32 heavy (non-hydrogen) atoms. The molecule has 1 aliphatic rings. The summed E-state index contributed by atoms with van der Waals surface area (Å²) in [5.74, 6) is -1.46. The van der Waals surface area contributed by atoms with Crippen molar-refractivity contribution >= 4 is 27.7 Å². The molecule has 2 aromatic rings. The van der Waals surface area contributed by atoms with Gasteiger partial charge in [0.25, 0.3) is 5.91 Å². The van der Waals surface area contributed by atoms with Crippen molar-refractivity contribution in [1.82, 2.24) is 9.21 Å². The van der Waals surface area contributed by atoms with Crippen LogP contribution in [0.25, 0.3) is 0 Å². The largest absolute Gasteiger partial charge is 0.452 e. The smallest absolute Gasteiger partial charge is 0.339 e. The number of nitrogens with zero attached hydrogens (tertiary/aromatic N) is 2. The number of esters is 1. The molecule has 3 rings (SSSR count). The summed E-state index contributed by atoms with van der Waals surface area (Å²) in [6, 6.07) is 11.9. The van der Waals surface area contributed by atoms with Gasteiger partial charge in [0, 0.05) is 37.3 Å². The van der Waals surface area contributed by atoms with Crippen LogP contribution in [-0.2, 0) is 19.6 Å². The van der Waals surface area contributed by atoms with Gasteiger partial charge in [0.2, 0.25) is 10.0 Å². The first-order valence-corrected chi connectivity index (χ1v) is 12.0. The molecule has 9 heteroatoms. The maximum atomic E-state index is 13.1. The Labute approximate surface area is 187 Å². The highest BCUT2D eigenvalue weighted by atomic mass is 32.2. The summed E-state index contributed by atoms with van der Waals surface area (Å²) >= 11 is 0. The second kappa shape index (κ2) is 9.62. The Morgan fingerprint density at radius 1 is 0.906 bits per heavy atom. The Kier molecular flexibility index (Phi) is 7.10. The van der Waals surface area contributed by atoms with Gasteiger partial charge in [-0.1, -0.05) is 35.9 Å². The van der Waals surface area contributed by atoms with Crippen LogP contribution in [0.2, 0.25) is 0 Å². The zero-order valence-corrected chi connectivity index (χ0v) is 19.1. The van der Waals surface area contributed by atoms with Gasteiger partial charge in [-0.25, -0.2) is 13.2 Å². The van der Waals surface area contributed by atoms with E-state index in [0.29, 0.717) is 5.56 Å². The van der Waals surface area contributed by atoms with E-state index in [1.807, 2.05) is 26.0 Å². The molecule has 0 radical (unpaired) electrons. The summed E-state index contributed by atoms with van der Waals surface area (Å²) in [5, 5.41) is 0. The highest BCUT2D eigenvalue weighted by Gasteiger charge is 2.27. The molecule has 0 saturated carbocycles. The number of hydrogen-bond acceptors (Lipinski definition) is 6. The Morgan fingerprint density at radius 2 is 1.53 bits per heavy atom. The van der Waals surface area contributed by atoms with Gasteiger partial charge in [0.05, 0.1) is 11.8 Å². The number of ether oxygens (including phenoxy) is 1. The fraction of sp³-hybridized carbons (Fsp3) is 0.348. The third-order valence-corrected chi connectivity index (χ3v) is 6.72. The van der Waals surface area contributed by atoms with Crippen LogP contribution in [-0.4, -0.2) is 74.3 Å². The summed E-state index contributed by atoms with van der Waals surface area (Å²) in [6.07, 6.45) is 1.13. The predicted octanol–water partition coefficient (Wildman–Crippen LogP) is 1.80. The molecule has 0 aromatic heterocycles. The molecule has 1 aliphatic heterocycles. The van der Waals surface area contributed by atoms with E-state index in [4.69, 9.17) is 4.74 Å². The maximum Gasteiger partial charge on any atom is 0.339 e. The maximum absolute atomic E-state index is 13.1. The van der Waals surface area contributed by atoms with Gasteiger partial charge in [-0.3, -0.25) is 9.59 Å². The Hall–Kier alpha value is -3.04. The first kappa shape index (κ1) is 23.6. The lowest BCUT2D eigenvalue weighted by Crippen LogP contribution is -2.51. The van der Waals surface area contributed by atoms with E-state index in [1.54, 1.807) is 24.3 Å². The van der Waals surface area contributed by atoms with Crippen LogP contribution in [0, 0.1) is 13.8 Å². The SMILES string of the molecule is Cc1ccc(C)c(C(=O)c2ccccc2C(=O)OCC(=O)N2CCN(S(C)(=O)=O)CC2)c1. The molecule has 1 amide bonds. The standard InChI is InChI=1S/C23H26N2O6S/c1-16-8-9-17(2)20(14-16)22(27)18-6-4-5-7-19(18)23(28)31-15-21(26)24-10-12-25(13-11-24)32(3,29)30/h4-9,14H,10-13,15H2,1-3H3. The molecule has 2 aromatic carbocycles. The van der Waals surface area contributed by atoms with E-state index in [9.17, 15) is 22.8 Å². The van der Waals surface area contributed by atoms with Gasteiger partial charge in [-0.15, -0.1) is 0 Å². The van der Waals surface area contributed by atoms with Crippen molar-refractivity contribution in [3.8, 4) is 0 Å². The Bertz CT molecular complexity index is 1150. The van der Waals surface area contributed by atoms with Crippen molar-refractivity contribution < 1.29 is 27.5 Å². The average Bonchev–Trinajstić information content (AvgIpc) is 2.78. The number of rotatable bonds is 6. The normalized spacial score (nSPS) is 14.8. The second-order valence-corrected chi connectivity index (χ2v) is 9.79. The highest BCUT2D eigenvalue weighted by Crippen LogP contribution is 2.19. The number of ketones is 1. The number of aryl methyl sites for hydroxylation is 2. The van der Waals surface area contributed by atoms with Crippen molar-refractivity contribution in [3.63, 3.8) is 0 Å². The second-order valence-electron chi connectivity index (χ2n) is 7.81. The van der Waals surface area contributed by atoms with Crippen LogP contribution >= 0.6 is 0 Å². The number of carbonyl (C=O) groups is 3. The van der Waals surface area contributed by atoms with Crippen LogP contribution < -0.4 is 0 Å². The van der Waals surface area contributed by atoms with E-state index >= 15 is 0 Å². The molecule has 1 saturated heterocycles. The van der Waals surface area contributed by atoms with E-state index in [-0.39, 0.29) is 43.1 Å². The van der Waals surface area contributed by atoms with E-state index < -0.39 is 28.5 Å². The Balaban J connectivity index is 1.67. The lowest BCUT2D eigenvalue weighted by atomic mass is 9.94. The van der Waals surface area contributed by atoms with Gasteiger partial charge in [0.1, 0.15) is 0 Å². The predicted molar refractivity (Wildman–Crippen MR) is 119 cm³/mol. The zero-order chi connectivity index (χ0) is 23.5. The van der Waals surface area contributed by atoms with Crippen LogP contribution in [0.5, 0.6) is 0 Å². The van der Waals surface area contributed by atoms with Crippen LogP contribution in [0.4, 0.5) is 0 Å². The first-order chi connectivity index (χ1) is 15.1. The fourth-order valence-electron chi connectivity index (χ4n) is 3.55. The minimum atomic E-state index is -3.30. The van der Waals surface area contributed by atoms with E-state index in [0.717, 1.165) is 17.4 Å². The molecule has 0 aliphatic carbocycles. The zero-order valence-electron chi connectivity index (χ0n) is 18.3. The summed E-state index contributed by atoms with van der Waals surface area (Å²) in [7, 11) is -3.30. The number of hydrogen-bond donors (Lipinski definition) is 0. The average molecular weight is 459 g/mol. The van der Waals surface area contributed by atoms with Gasteiger partial charge >= 0.3 is 5.97 Å². The Morgan fingerprint density at radius 3 is 2.16 bits per heavy atom. The number of benzene rings is 2. The molecular weight excluding hydrogens is 432 g/mol. The molecular formula is C23H26N2O6S. The topological polar surface area (TPSA) is 101 Å². The van der Waals surface area contributed by atoms with Crippen LogP contribution in [0.3, 0.4) is 0 Å². The lowest BCUT2D eigenvalue weighted by molar-refractivity contribution is -0.135. The van der Waals surface area contributed by atoms with E-state index in [2.05, 4.69) is 0 Å². The molecule has 1 fully saturated rings. The molecule has 170 valence electrons. The number of amides is 1. The molecule has 1 heterocycles. The van der Waals surface area contributed by atoms with Gasteiger partial charge in [-0.05, 0) is 31.5 Å². The molecule has 0 N–H and O–H groups in total. The molecule has 8 nitrogen and oxygen atoms in total. The summed E-state index contributed by atoms with van der Waals surface area (Å²) in [5.41, 5.74) is 2.53. The van der Waals surface area contributed by atoms with Gasteiger partial charge < -0.3 is 9.64 Å². The first-order valence-electron chi connectivity index (χ1n) is 10.2. The fourth-order valence-corrected chi connectivity index (χ4v) is 4.38. The third kappa shape index (κ3) is 5.41. The minimum Gasteiger partial charge on any atom is -0.452 e. The van der Waals surface area contributed by atoms with Crippen molar-refractivity contribution in [2.24, 2.45) is 0 Å². The number of carbonyl (C=O) groups excluding carboxylic acids is 3. The summed E-state index contributed by atoms with van der Waals surface area (Å²) in [6.45, 7) is 4.09. The molecule has 0 unspecified atom stereocenters. The van der Waals surface area contributed by atoms with Crippen molar-refractivity contribution in [1.29, 1.82) is 0 Å². The van der Waals surface area contributed by atoms with E-state index in [1.165, 1.54) is 15.3 Å². The van der Waals surface area contributed by atoms with Crippen molar-refractivity contribution in [2.45, 2.75) is 13.8 Å². The van der Waals surface area contributed by atoms with Gasteiger partial charge in [-0.2, -0.15) is 4.31 Å². The lowest BCUT2D eigenvalue weighted by Gasteiger charge is -2.33. The number of sulfonamides is 1. The van der Waals surface area contributed by atoms with Gasteiger partial charge in [0.15, 0.2) is 12.4 Å². The summed E-state index contributed by atoms with van der Waals surface area (Å²) in [4.78, 5) is 39.7. The molecule has 0 spiro atoms. The van der Waals surface area contributed by atoms with Crippen LogP contribution in [0.1, 0.15) is 37.4 Å². The van der Waals surface area contributed by atoms with Crippen molar-refractivity contribution in [3.05, 3.63) is 70.3 Å². The van der Waals surface area contributed by atoms with Crippen LogP contribution in [0.15, 0.2) is 42.5 Å². The minimum absolute atomic E-state index is 0.0908. The molecule has 0 atom stereocenters. The molecule has 0 bridgehead atoms. The highest BCUT2D eigenvalue weighted by molar-refractivity contribution is 7.88. The van der Waals surface area contributed by atoms with Crippen molar-refractivity contribution in [2.75, 3.05) is 39.0 Å². The quantitative estimate of drug-likeness (QED) is 0.483. The number of piperazine rings is 1.